The molecule has 2 aliphatic heterocycles. The van der Waals surface area contributed by atoms with Gasteiger partial charge >= 0.3 is 5.97 Å². The molecule has 1 fully saturated rings. The molecule has 2 heterocycles. The Morgan fingerprint density at radius 3 is 2.81 bits per heavy atom. The summed E-state index contributed by atoms with van der Waals surface area (Å²) in [5.74, 6) is 0.232. The summed E-state index contributed by atoms with van der Waals surface area (Å²) in [6.45, 7) is 0.392. The maximum absolute atomic E-state index is 12.9. The van der Waals surface area contributed by atoms with Crippen LogP contribution in [0.3, 0.4) is 0 Å². The van der Waals surface area contributed by atoms with E-state index < -0.39 is 5.97 Å². The third kappa shape index (κ3) is 4.65. The summed E-state index contributed by atoms with van der Waals surface area (Å²) in [5, 5.41) is 9.17. The Labute approximate surface area is 189 Å². The molecule has 0 saturated carbocycles. The number of carboxylic acids is 1. The second kappa shape index (κ2) is 8.95. The highest BCUT2D eigenvalue weighted by Gasteiger charge is 2.33. The summed E-state index contributed by atoms with van der Waals surface area (Å²) >= 11 is 6.68. The largest absolute Gasteiger partial charge is 0.497 e. The summed E-state index contributed by atoms with van der Waals surface area (Å²) in [7, 11) is 1.61. The van der Waals surface area contributed by atoms with Crippen molar-refractivity contribution in [2.75, 3.05) is 7.11 Å². The molecule has 2 aliphatic rings. The second-order valence-corrected chi connectivity index (χ2v) is 8.66. The van der Waals surface area contributed by atoms with Crippen LogP contribution >= 0.6 is 24.0 Å². The molecule has 0 aliphatic carbocycles. The number of carboxylic acid groups (broad SMARTS) is 1. The van der Waals surface area contributed by atoms with Gasteiger partial charge in [-0.25, -0.2) is 4.79 Å². The molecule has 158 valence electrons. The van der Waals surface area contributed by atoms with E-state index in [1.165, 1.54) is 17.8 Å². The molecule has 1 N–H and O–H groups in total. The van der Waals surface area contributed by atoms with Crippen molar-refractivity contribution in [1.29, 1.82) is 0 Å². The predicted molar refractivity (Wildman–Crippen MR) is 123 cm³/mol. The molecule has 0 aromatic heterocycles. The second-order valence-electron chi connectivity index (χ2n) is 6.98. The number of rotatable bonds is 6. The van der Waals surface area contributed by atoms with Crippen LogP contribution < -0.4 is 4.74 Å². The van der Waals surface area contributed by atoms with Gasteiger partial charge in [0.25, 0.3) is 5.91 Å². The maximum Gasteiger partial charge on any atom is 0.335 e. The highest BCUT2D eigenvalue weighted by molar-refractivity contribution is 8.26. The van der Waals surface area contributed by atoms with Crippen molar-refractivity contribution in [2.24, 2.45) is 0 Å². The Balaban J connectivity index is 1.43. The van der Waals surface area contributed by atoms with Crippen LogP contribution in [0.25, 0.3) is 5.76 Å². The van der Waals surface area contributed by atoms with Crippen molar-refractivity contribution >= 4 is 45.9 Å². The fourth-order valence-corrected chi connectivity index (χ4v) is 4.59. The SMILES string of the molecule is COc1ccc(CN2C(=O)/C(=C/C3CC=C(c4cccc(C(=O)O)c4)O3)SC2=S)cc1. The number of methoxy groups -OCH3 is 1. The first-order chi connectivity index (χ1) is 14.9. The molecule has 1 amide bonds. The lowest BCUT2D eigenvalue weighted by atomic mass is 10.1. The van der Waals surface area contributed by atoms with Crippen LogP contribution in [0, 0.1) is 0 Å². The number of ether oxygens (including phenoxy) is 2. The quantitative estimate of drug-likeness (QED) is 0.511. The topological polar surface area (TPSA) is 76.1 Å². The summed E-state index contributed by atoms with van der Waals surface area (Å²) in [5.41, 5.74) is 1.85. The smallest absolute Gasteiger partial charge is 0.335 e. The van der Waals surface area contributed by atoms with Crippen LogP contribution in [-0.2, 0) is 16.1 Å². The monoisotopic (exact) mass is 453 g/mol. The standard InChI is InChI=1S/C23H19NO5S2/c1-28-17-7-5-14(6-8-17)13-24-21(25)20(31-23(24)30)12-18-9-10-19(29-18)15-3-2-4-16(11-15)22(26)27/h2-8,10-12,18H,9,13H2,1H3,(H,26,27)/b20-12-. The zero-order valence-electron chi connectivity index (χ0n) is 16.6. The first-order valence-electron chi connectivity index (χ1n) is 9.53. The number of amides is 1. The van der Waals surface area contributed by atoms with Crippen LogP contribution in [0.15, 0.2) is 65.6 Å². The van der Waals surface area contributed by atoms with Gasteiger partial charge in [-0.1, -0.05) is 48.2 Å². The molecule has 31 heavy (non-hydrogen) atoms. The van der Waals surface area contributed by atoms with Crippen molar-refractivity contribution in [1.82, 2.24) is 4.90 Å². The fourth-order valence-electron chi connectivity index (χ4n) is 3.31. The van der Waals surface area contributed by atoms with Gasteiger partial charge in [-0.05, 0) is 42.0 Å². The Hall–Kier alpha value is -3.10. The number of hydrogen-bond acceptors (Lipinski definition) is 6. The molecule has 0 spiro atoms. The minimum atomic E-state index is -0.988. The van der Waals surface area contributed by atoms with Crippen LogP contribution in [0.1, 0.15) is 27.9 Å². The third-order valence-electron chi connectivity index (χ3n) is 4.92. The highest BCUT2D eigenvalue weighted by Crippen LogP contribution is 2.35. The van der Waals surface area contributed by atoms with E-state index in [9.17, 15) is 14.7 Å². The van der Waals surface area contributed by atoms with E-state index in [0.29, 0.717) is 33.5 Å². The van der Waals surface area contributed by atoms with Gasteiger partial charge in [0.2, 0.25) is 0 Å². The normalized spacial score (nSPS) is 19.5. The number of thiocarbonyl (C=S) groups is 1. The molecule has 0 bridgehead atoms. The molecule has 1 atom stereocenters. The number of carbonyl (C=O) groups excluding carboxylic acids is 1. The van der Waals surface area contributed by atoms with Gasteiger partial charge in [-0.15, -0.1) is 0 Å². The number of nitrogens with zero attached hydrogens (tertiary/aromatic N) is 1. The zero-order chi connectivity index (χ0) is 22.0. The van der Waals surface area contributed by atoms with Crippen molar-refractivity contribution in [3.63, 3.8) is 0 Å². The summed E-state index contributed by atoms with van der Waals surface area (Å²) in [6.07, 6.45) is 3.98. The minimum Gasteiger partial charge on any atom is -0.497 e. The van der Waals surface area contributed by atoms with Crippen molar-refractivity contribution < 1.29 is 24.2 Å². The maximum atomic E-state index is 12.9. The molecule has 1 saturated heterocycles. The number of aromatic carboxylic acids is 1. The van der Waals surface area contributed by atoms with Gasteiger partial charge < -0.3 is 14.6 Å². The van der Waals surface area contributed by atoms with Crippen LogP contribution in [-0.4, -0.2) is 39.4 Å². The van der Waals surface area contributed by atoms with E-state index in [2.05, 4.69) is 0 Å². The Morgan fingerprint density at radius 1 is 1.32 bits per heavy atom. The van der Waals surface area contributed by atoms with Crippen molar-refractivity contribution in [3.8, 4) is 5.75 Å². The van der Waals surface area contributed by atoms with E-state index in [4.69, 9.17) is 21.7 Å². The lowest BCUT2D eigenvalue weighted by Gasteiger charge is -2.15. The average molecular weight is 454 g/mol. The lowest BCUT2D eigenvalue weighted by molar-refractivity contribution is -0.122. The predicted octanol–water partition coefficient (Wildman–Crippen LogP) is 4.47. The molecule has 2 aromatic carbocycles. The molecule has 6 nitrogen and oxygen atoms in total. The molecule has 1 unspecified atom stereocenters. The average Bonchev–Trinajstić information content (AvgIpc) is 3.35. The Kier molecular flexibility index (Phi) is 6.11. The first-order valence-corrected chi connectivity index (χ1v) is 10.8. The first kappa shape index (κ1) is 21.1. The van der Waals surface area contributed by atoms with E-state index in [1.807, 2.05) is 30.3 Å². The molecule has 8 heteroatoms. The van der Waals surface area contributed by atoms with Crippen molar-refractivity contribution in [2.45, 2.75) is 19.1 Å². The molecular formula is C23H19NO5S2. The zero-order valence-corrected chi connectivity index (χ0v) is 18.2. The Bertz CT molecular complexity index is 1110. The number of thioether (sulfide) groups is 1. The molecular weight excluding hydrogens is 434 g/mol. The molecule has 2 aromatic rings. The van der Waals surface area contributed by atoms with E-state index in [-0.39, 0.29) is 17.6 Å². The number of carbonyl (C=O) groups is 2. The summed E-state index contributed by atoms with van der Waals surface area (Å²) < 4.78 is 11.6. The van der Waals surface area contributed by atoms with Gasteiger partial charge in [0.05, 0.1) is 24.1 Å². The van der Waals surface area contributed by atoms with E-state index in [0.717, 1.165) is 11.3 Å². The number of hydrogen-bond donors (Lipinski definition) is 1. The highest BCUT2D eigenvalue weighted by atomic mass is 32.2. The van der Waals surface area contributed by atoms with Crippen LogP contribution in [0.4, 0.5) is 0 Å². The molecule has 4 rings (SSSR count). The van der Waals surface area contributed by atoms with E-state index >= 15 is 0 Å². The van der Waals surface area contributed by atoms with Gasteiger partial charge in [-0.3, -0.25) is 9.69 Å². The fraction of sp³-hybridized carbons (Fsp3) is 0.174. The summed E-state index contributed by atoms with van der Waals surface area (Å²) in [4.78, 5) is 26.2. The van der Waals surface area contributed by atoms with Crippen molar-refractivity contribution in [3.05, 3.63) is 82.3 Å². The van der Waals surface area contributed by atoms with Gasteiger partial charge in [0.15, 0.2) is 0 Å². The lowest BCUT2D eigenvalue weighted by Crippen LogP contribution is -2.27. The van der Waals surface area contributed by atoms with Gasteiger partial charge in [-0.2, -0.15) is 0 Å². The number of benzene rings is 2. The third-order valence-corrected chi connectivity index (χ3v) is 6.31. The molecule has 0 radical (unpaired) electrons. The Morgan fingerprint density at radius 2 is 2.10 bits per heavy atom. The van der Waals surface area contributed by atoms with Gasteiger partial charge in [0, 0.05) is 12.0 Å². The van der Waals surface area contributed by atoms with Crippen LogP contribution in [0.2, 0.25) is 0 Å². The van der Waals surface area contributed by atoms with Crippen LogP contribution in [0.5, 0.6) is 5.75 Å². The summed E-state index contributed by atoms with van der Waals surface area (Å²) in [6, 6.07) is 14.1. The van der Waals surface area contributed by atoms with E-state index in [1.54, 1.807) is 36.3 Å². The minimum absolute atomic E-state index is 0.143. The van der Waals surface area contributed by atoms with Gasteiger partial charge in [0.1, 0.15) is 21.9 Å².